The number of hydrogen-bond donors (Lipinski definition) is 1. The fraction of sp³-hybridized carbons (Fsp3) is 0.0526. The standard InChI is InChI=1S/C19H13ClN6O3/c1-11-22-23-18-9-8-17(24-25(11)18)12-2-4-13(5-3-12)21-19(27)15-10-14(26(28)29)6-7-16(15)20/h2-10H,1H3,(H,21,27). The normalized spacial score (nSPS) is 10.8. The van der Waals surface area contributed by atoms with Crippen molar-refractivity contribution < 1.29 is 9.72 Å². The molecule has 0 bridgehead atoms. The van der Waals surface area contributed by atoms with Crippen LogP contribution in [0.2, 0.25) is 5.02 Å². The summed E-state index contributed by atoms with van der Waals surface area (Å²) in [6, 6.07) is 14.4. The molecule has 2 aromatic carbocycles. The molecule has 0 spiro atoms. The first-order chi connectivity index (χ1) is 13.9. The van der Waals surface area contributed by atoms with E-state index in [-0.39, 0.29) is 16.3 Å². The molecule has 0 fully saturated rings. The number of aromatic nitrogens is 4. The van der Waals surface area contributed by atoms with E-state index < -0.39 is 10.8 Å². The minimum Gasteiger partial charge on any atom is -0.322 e. The summed E-state index contributed by atoms with van der Waals surface area (Å²) in [4.78, 5) is 22.8. The number of rotatable bonds is 4. The van der Waals surface area contributed by atoms with E-state index in [0.717, 1.165) is 17.3 Å². The molecule has 0 radical (unpaired) electrons. The highest BCUT2D eigenvalue weighted by molar-refractivity contribution is 6.34. The van der Waals surface area contributed by atoms with E-state index in [1.165, 1.54) is 12.1 Å². The number of nitro groups is 1. The first kappa shape index (κ1) is 18.5. The van der Waals surface area contributed by atoms with Gasteiger partial charge >= 0.3 is 0 Å². The highest BCUT2D eigenvalue weighted by atomic mass is 35.5. The van der Waals surface area contributed by atoms with Crippen LogP contribution in [0, 0.1) is 17.0 Å². The number of benzene rings is 2. The molecule has 4 rings (SSSR count). The number of halogens is 1. The molecule has 0 unspecified atom stereocenters. The Labute approximate surface area is 169 Å². The number of nitrogens with one attached hydrogen (secondary N) is 1. The fourth-order valence-corrected chi connectivity index (χ4v) is 2.98. The van der Waals surface area contributed by atoms with Crippen molar-refractivity contribution in [2.24, 2.45) is 0 Å². The maximum atomic E-state index is 12.5. The summed E-state index contributed by atoms with van der Waals surface area (Å²) in [5, 5.41) is 26.2. The minimum absolute atomic E-state index is 0.0279. The van der Waals surface area contributed by atoms with Crippen LogP contribution in [0.4, 0.5) is 11.4 Å². The zero-order chi connectivity index (χ0) is 20.5. The van der Waals surface area contributed by atoms with Gasteiger partial charge in [0.2, 0.25) is 0 Å². The largest absolute Gasteiger partial charge is 0.322 e. The van der Waals surface area contributed by atoms with Crippen LogP contribution in [0.25, 0.3) is 16.9 Å². The van der Waals surface area contributed by atoms with Crippen molar-refractivity contribution in [3.8, 4) is 11.3 Å². The molecule has 2 heterocycles. The predicted molar refractivity (Wildman–Crippen MR) is 107 cm³/mol. The number of aryl methyl sites for hydroxylation is 1. The topological polar surface area (TPSA) is 115 Å². The van der Waals surface area contributed by atoms with Crippen LogP contribution >= 0.6 is 11.6 Å². The summed E-state index contributed by atoms with van der Waals surface area (Å²) in [5.41, 5.74) is 2.55. The summed E-state index contributed by atoms with van der Waals surface area (Å²) in [7, 11) is 0. The fourth-order valence-electron chi connectivity index (χ4n) is 2.77. The Kier molecular flexibility index (Phi) is 4.65. The highest BCUT2D eigenvalue weighted by Crippen LogP contribution is 2.24. The van der Waals surface area contributed by atoms with Gasteiger partial charge in [-0.05, 0) is 37.3 Å². The van der Waals surface area contributed by atoms with Crippen LogP contribution in [-0.2, 0) is 0 Å². The maximum Gasteiger partial charge on any atom is 0.270 e. The van der Waals surface area contributed by atoms with Gasteiger partial charge in [-0.15, -0.1) is 10.2 Å². The molecule has 0 aliphatic heterocycles. The lowest BCUT2D eigenvalue weighted by atomic mass is 10.1. The third-order valence-corrected chi connectivity index (χ3v) is 4.59. The molecule has 1 N–H and O–H groups in total. The van der Waals surface area contributed by atoms with E-state index in [4.69, 9.17) is 11.6 Å². The molecule has 29 heavy (non-hydrogen) atoms. The zero-order valence-electron chi connectivity index (χ0n) is 15.0. The molecule has 10 heteroatoms. The summed E-state index contributed by atoms with van der Waals surface area (Å²) < 4.78 is 1.65. The molecule has 0 saturated carbocycles. The van der Waals surface area contributed by atoms with Crippen LogP contribution < -0.4 is 5.32 Å². The van der Waals surface area contributed by atoms with Crippen molar-refractivity contribution in [1.82, 2.24) is 19.8 Å². The van der Waals surface area contributed by atoms with E-state index in [1.807, 2.05) is 19.1 Å². The Morgan fingerprint density at radius 2 is 1.86 bits per heavy atom. The van der Waals surface area contributed by atoms with E-state index in [0.29, 0.717) is 17.2 Å². The second-order valence-electron chi connectivity index (χ2n) is 6.19. The number of carbonyl (C=O) groups excluding carboxylic acids is 1. The lowest BCUT2D eigenvalue weighted by Crippen LogP contribution is -2.12. The van der Waals surface area contributed by atoms with Crippen molar-refractivity contribution in [2.45, 2.75) is 6.92 Å². The third kappa shape index (κ3) is 3.63. The average molecular weight is 409 g/mol. The lowest BCUT2D eigenvalue weighted by Gasteiger charge is -2.08. The van der Waals surface area contributed by atoms with Crippen molar-refractivity contribution >= 4 is 34.5 Å². The molecule has 1 amide bonds. The molecule has 0 saturated heterocycles. The van der Waals surface area contributed by atoms with Crippen molar-refractivity contribution in [3.63, 3.8) is 0 Å². The molecule has 0 aliphatic carbocycles. The average Bonchev–Trinajstić information content (AvgIpc) is 3.09. The maximum absolute atomic E-state index is 12.5. The first-order valence-electron chi connectivity index (χ1n) is 8.47. The van der Waals surface area contributed by atoms with Gasteiger partial charge in [0.1, 0.15) is 0 Å². The number of amides is 1. The van der Waals surface area contributed by atoms with E-state index in [1.54, 1.807) is 28.8 Å². The van der Waals surface area contributed by atoms with Gasteiger partial charge in [-0.25, -0.2) is 0 Å². The molecule has 0 aliphatic rings. The van der Waals surface area contributed by atoms with Gasteiger partial charge in [-0.1, -0.05) is 23.7 Å². The van der Waals surface area contributed by atoms with E-state index in [2.05, 4.69) is 20.6 Å². The van der Waals surface area contributed by atoms with Crippen LogP contribution in [-0.4, -0.2) is 30.6 Å². The van der Waals surface area contributed by atoms with Crippen LogP contribution in [0.5, 0.6) is 0 Å². The number of fused-ring (bicyclic) bond motifs is 1. The van der Waals surface area contributed by atoms with Crippen LogP contribution in [0.3, 0.4) is 0 Å². The van der Waals surface area contributed by atoms with Crippen LogP contribution in [0.15, 0.2) is 54.6 Å². The van der Waals surface area contributed by atoms with Crippen molar-refractivity contribution in [2.75, 3.05) is 5.32 Å². The molecule has 9 nitrogen and oxygen atoms in total. The van der Waals surface area contributed by atoms with Crippen LogP contribution in [0.1, 0.15) is 16.2 Å². The van der Waals surface area contributed by atoms with Gasteiger partial charge in [0.15, 0.2) is 11.5 Å². The van der Waals surface area contributed by atoms with Crippen molar-refractivity contribution in [1.29, 1.82) is 0 Å². The minimum atomic E-state index is -0.580. The monoisotopic (exact) mass is 408 g/mol. The Balaban J connectivity index is 1.56. The number of anilines is 1. The number of non-ortho nitro benzene ring substituents is 1. The summed E-state index contributed by atoms with van der Waals surface area (Å²) in [5.74, 6) is 0.144. The highest BCUT2D eigenvalue weighted by Gasteiger charge is 2.16. The third-order valence-electron chi connectivity index (χ3n) is 4.26. The van der Waals surface area contributed by atoms with Gasteiger partial charge in [0.25, 0.3) is 11.6 Å². The Morgan fingerprint density at radius 3 is 2.59 bits per heavy atom. The van der Waals surface area contributed by atoms with Gasteiger partial charge in [0, 0.05) is 23.4 Å². The summed E-state index contributed by atoms with van der Waals surface area (Å²) >= 11 is 6.01. The SMILES string of the molecule is Cc1nnc2ccc(-c3ccc(NC(=O)c4cc([N+](=O)[O-])ccc4Cl)cc3)nn12. The Morgan fingerprint density at radius 1 is 1.10 bits per heavy atom. The number of nitro benzene ring substituents is 1. The second kappa shape index (κ2) is 7.28. The van der Waals surface area contributed by atoms with E-state index >= 15 is 0 Å². The summed E-state index contributed by atoms with van der Waals surface area (Å²) in [6.45, 7) is 1.81. The van der Waals surface area contributed by atoms with E-state index in [9.17, 15) is 14.9 Å². The number of carbonyl (C=O) groups is 1. The lowest BCUT2D eigenvalue weighted by molar-refractivity contribution is -0.384. The smallest absolute Gasteiger partial charge is 0.270 e. The van der Waals surface area contributed by atoms with Crippen molar-refractivity contribution in [3.05, 3.63) is 81.1 Å². The first-order valence-corrected chi connectivity index (χ1v) is 8.85. The number of nitrogens with zero attached hydrogens (tertiary/aromatic N) is 5. The second-order valence-corrected chi connectivity index (χ2v) is 6.60. The molecule has 0 atom stereocenters. The van der Waals surface area contributed by atoms with Gasteiger partial charge in [0.05, 0.1) is 21.2 Å². The summed E-state index contributed by atoms with van der Waals surface area (Å²) in [6.07, 6.45) is 0. The zero-order valence-corrected chi connectivity index (χ0v) is 15.8. The molecule has 144 valence electrons. The Hall–Kier alpha value is -3.85. The molecular weight excluding hydrogens is 396 g/mol. The molecule has 4 aromatic rings. The van der Waals surface area contributed by atoms with Gasteiger partial charge in [-0.2, -0.15) is 9.61 Å². The van der Waals surface area contributed by atoms with Gasteiger partial charge in [-0.3, -0.25) is 14.9 Å². The van der Waals surface area contributed by atoms with Gasteiger partial charge < -0.3 is 5.32 Å². The number of hydrogen-bond acceptors (Lipinski definition) is 6. The molecular formula is C19H13ClN6O3. The quantitative estimate of drug-likeness (QED) is 0.404. The Bertz CT molecular complexity index is 1250. The molecule has 2 aromatic heterocycles. The predicted octanol–water partition coefficient (Wildman–Crippen LogP) is 3.91.